The highest BCUT2D eigenvalue weighted by atomic mass is 16.3. The molecule has 2 N–H and O–H groups in total. The molecule has 2 heterocycles. The molecular formula is C21H17N5O. The molecule has 0 amide bonds. The van der Waals surface area contributed by atoms with Gasteiger partial charge in [-0.2, -0.15) is 10.4 Å². The minimum absolute atomic E-state index is 0.240. The molecule has 1 aliphatic carbocycles. The summed E-state index contributed by atoms with van der Waals surface area (Å²) in [5, 5.41) is 21.3. The summed E-state index contributed by atoms with van der Waals surface area (Å²) in [6.07, 6.45) is 5.07. The molecule has 132 valence electrons. The van der Waals surface area contributed by atoms with E-state index in [0.717, 1.165) is 46.3 Å². The maximum Gasteiger partial charge on any atom is 0.181 e. The zero-order valence-corrected chi connectivity index (χ0v) is 14.8. The van der Waals surface area contributed by atoms with Gasteiger partial charge in [0, 0.05) is 11.1 Å². The van der Waals surface area contributed by atoms with Crippen LogP contribution in [0.1, 0.15) is 34.7 Å². The Hall–Kier alpha value is -3.59. The van der Waals surface area contributed by atoms with E-state index in [4.69, 9.17) is 4.42 Å². The number of nitriles is 1. The van der Waals surface area contributed by atoms with Crippen LogP contribution in [0.5, 0.6) is 0 Å². The van der Waals surface area contributed by atoms with Gasteiger partial charge >= 0.3 is 0 Å². The Balaban J connectivity index is 1.49. The topological polar surface area (TPSA) is 90.5 Å². The number of fused-ring (bicyclic) bond motifs is 2. The molecule has 0 saturated heterocycles. The maximum atomic E-state index is 9.25. The summed E-state index contributed by atoms with van der Waals surface area (Å²) in [6, 6.07) is 12.9. The minimum atomic E-state index is 0.240. The van der Waals surface area contributed by atoms with Crippen molar-refractivity contribution in [3.8, 4) is 17.5 Å². The van der Waals surface area contributed by atoms with Crippen LogP contribution in [0.2, 0.25) is 0 Å². The van der Waals surface area contributed by atoms with Crippen LogP contribution in [-0.4, -0.2) is 15.2 Å². The number of hydrogen-bond acceptors (Lipinski definition) is 5. The first-order valence-corrected chi connectivity index (χ1v) is 8.90. The number of anilines is 1. The van der Waals surface area contributed by atoms with Gasteiger partial charge < -0.3 is 9.73 Å². The van der Waals surface area contributed by atoms with E-state index in [1.54, 1.807) is 6.20 Å². The lowest BCUT2D eigenvalue weighted by molar-refractivity contribution is 0.570. The molecule has 0 radical (unpaired) electrons. The second-order valence-electron chi connectivity index (χ2n) is 6.91. The smallest absolute Gasteiger partial charge is 0.181 e. The monoisotopic (exact) mass is 355 g/mol. The van der Waals surface area contributed by atoms with Crippen molar-refractivity contribution < 1.29 is 4.42 Å². The summed E-state index contributed by atoms with van der Waals surface area (Å²) < 4.78 is 5.40. The molecule has 27 heavy (non-hydrogen) atoms. The third kappa shape index (κ3) is 2.56. The minimum Gasteiger partial charge on any atom is -0.442 e. The van der Waals surface area contributed by atoms with Gasteiger partial charge in [0.2, 0.25) is 0 Å². The summed E-state index contributed by atoms with van der Waals surface area (Å²) in [4.78, 5) is 3.98. The average Bonchev–Trinajstić information content (AvgIpc) is 3.41. The lowest BCUT2D eigenvalue weighted by Gasteiger charge is -2.16. The highest BCUT2D eigenvalue weighted by Gasteiger charge is 2.24. The van der Waals surface area contributed by atoms with Crippen LogP contribution in [-0.2, 0) is 6.42 Å². The summed E-state index contributed by atoms with van der Waals surface area (Å²) in [5.41, 5.74) is 7.09. The van der Waals surface area contributed by atoms with Gasteiger partial charge in [0.15, 0.2) is 12.2 Å². The largest absolute Gasteiger partial charge is 0.442 e. The molecule has 0 saturated carbocycles. The number of oxazole rings is 1. The fourth-order valence-corrected chi connectivity index (χ4v) is 3.87. The maximum absolute atomic E-state index is 9.25. The predicted octanol–water partition coefficient (Wildman–Crippen LogP) is 4.50. The molecule has 4 aromatic rings. The van der Waals surface area contributed by atoms with Crippen molar-refractivity contribution in [2.24, 2.45) is 0 Å². The van der Waals surface area contributed by atoms with Crippen molar-refractivity contribution in [2.75, 3.05) is 5.32 Å². The van der Waals surface area contributed by atoms with Gasteiger partial charge in [0.05, 0.1) is 29.4 Å². The summed E-state index contributed by atoms with van der Waals surface area (Å²) >= 11 is 0. The molecule has 0 unspecified atom stereocenters. The summed E-state index contributed by atoms with van der Waals surface area (Å²) in [5.74, 6) is 0.643. The third-order valence-electron chi connectivity index (χ3n) is 5.25. The fraction of sp³-hybridized carbons (Fsp3) is 0.190. The third-order valence-corrected chi connectivity index (χ3v) is 5.25. The number of benzene rings is 2. The molecular weight excluding hydrogens is 338 g/mol. The van der Waals surface area contributed by atoms with E-state index in [-0.39, 0.29) is 6.04 Å². The SMILES string of the molecule is Cc1cc2c(cc1C#N)CC[C@H]2Nc1ccc2[nH]nc(-c3cnco3)c2c1. The van der Waals surface area contributed by atoms with Crippen LogP contribution in [0.3, 0.4) is 0 Å². The average molecular weight is 355 g/mol. The molecule has 0 fully saturated rings. The first kappa shape index (κ1) is 15.6. The number of aromatic amines is 1. The number of aromatic nitrogens is 3. The Kier molecular flexibility index (Phi) is 3.47. The van der Waals surface area contributed by atoms with Crippen LogP contribution in [0, 0.1) is 18.3 Å². The number of H-pyrrole nitrogens is 1. The highest BCUT2D eigenvalue weighted by Crippen LogP contribution is 2.36. The molecule has 0 bridgehead atoms. The van der Waals surface area contributed by atoms with E-state index in [1.165, 1.54) is 17.5 Å². The van der Waals surface area contributed by atoms with E-state index < -0.39 is 0 Å². The molecule has 2 aromatic heterocycles. The van der Waals surface area contributed by atoms with Gasteiger partial charge in [-0.1, -0.05) is 6.07 Å². The lowest BCUT2D eigenvalue weighted by Crippen LogP contribution is -2.07. The van der Waals surface area contributed by atoms with Crippen LogP contribution in [0.25, 0.3) is 22.4 Å². The zero-order chi connectivity index (χ0) is 18.4. The van der Waals surface area contributed by atoms with Crippen molar-refractivity contribution in [1.82, 2.24) is 15.2 Å². The first-order valence-electron chi connectivity index (χ1n) is 8.90. The predicted molar refractivity (Wildman–Crippen MR) is 102 cm³/mol. The zero-order valence-electron chi connectivity index (χ0n) is 14.8. The van der Waals surface area contributed by atoms with E-state index >= 15 is 0 Å². The Morgan fingerprint density at radius 3 is 3.04 bits per heavy atom. The molecule has 1 atom stereocenters. The van der Waals surface area contributed by atoms with E-state index in [9.17, 15) is 5.26 Å². The van der Waals surface area contributed by atoms with Crippen LogP contribution < -0.4 is 5.32 Å². The second kappa shape index (κ2) is 5.99. The Morgan fingerprint density at radius 2 is 2.22 bits per heavy atom. The fourth-order valence-electron chi connectivity index (χ4n) is 3.87. The van der Waals surface area contributed by atoms with E-state index in [1.807, 2.05) is 19.1 Å². The highest BCUT2D eigenvalue weighted by molar-refractivity contribution is 5.93. The van der Waals surface area contributed by atoms with Crippen molar-refractivity contribution in [2.45, 2.75) is 25.8 Å². The van der Waals surface area contributed by atoms with E-state index in [2.05, 4.69) is 44.8 Å². The normalized spacial score (nSPS) is 15.6. The molecule has 5 rings (SSSR count). The van der Waals surface area contributed by atoms with Crippen molar-refractivity contribution in [1.29, 1.82) is 5.26 Å². The molecule has 6 heteroatoms. The van der Waals surface area contributed by atoms with Crippen LogP contribution in [0.15, 0.2) is 47.3 Å². The molecule has 0 aliphatic heterocycles. The number of rotatable bonds is 3. The Morgan fingerprint density at radius 1 is 1.30 bits per heavy atom. The number of nitrogens with one attached hydrogen (secondary N) is 2. The van der Waals surface area contributed by atoms with Gasteiger partial charge in [0.1, 0.15) is 5.69 Å². The van der Waals surface area contributed by atoms with Crippen molar-refractivity contribution >= 4 is 16.6 Å². The van der Waals surface area contributed by atoms with Crippen LogP contribution in [0.4, 0.5) is 5.69 Å². The first-order chi connectivity index (χ1) is 13.2. The summed E-state index contributed by atoms with van der Waals surface area (Å²) in [7, 11) is 0. The van der Waals surface area contributed by atoms with Crippen molar-refractivity contribution in [3.05, 3.63) is 65.2 Å². The molecule has 1 aliphatic rings. The van der Waals surface area contributed by atoms with Crippen molar-refractivity contribution in [3.63, 3.8) is 0 Å². The molecule has 6 nitrogen and oxygen atoms in total. The van der Waals surface area contributed by atoms with Gasteiger partial charge in [0.25, 0.3) is 0 Å². The van der Waals surface area contributed by atoms with Gasteiger partial charge in [-0.05, 0) is 60.7 Å². The molecule has 0 spiro atoms. The van der Waals surface area contributed by atoms with Gasteiger partial charge in [-0.25, -0.2) is 4.98 Å². The van der Waals surface area contributed by atoms with Gasteiger partial charge in [-0.3, -0.25) is 5.10 Å². The number of aryl methyl sites for hydroxylation is 2. The van der Waals surface area contributed by atoms with Gasteiger partial charge in [-0.15, -0.1) is 0 Å². The Bertz CT molecular complexity index is 1180. The summed E-state index contributed by atoms with van der Waals surface area (Å²) in [6.45, 7) is 2.00. The molecule has 2 aromatic carbocycles. The Labute approximate surface area is 155 Å². The van der Waals surface area contributed by atoms with E-state index in [0.29, 0.717) is 5.76 Å². The number of nitrogens with zero attached hydrogens (tertiary/aromatic N) is 3. The van der Waals surface area contributed by atoms with Crippen LogP contribution >= 0.6 is 0 Å². The standard InChI is InChI=1S/C21H17N5O/c1-12-6-16-13(7-14(12)9-22)2-4-18(16)24-15-3-5-19-17(8-15)21(26-25-19)20-10-23-11-27-20/h3,5-8,10-11,18,24H,2,4H2,1H3,(H,25,26)/t18-/m1/s1. The lowest BCUT2D eigenvalue weighted by atomic mass is 10.00. The number of hydrogen-bond donors (Lipinski definition) is 2. The second-order valence-corrected chi connectivity index (χ2v) is 6.91. The quantitative estimate of drug-likeness (QED) is 0.565.